The Hall–Kier alpha value is -0.370. The number of nitrogens with zero attached hydrogens (tertiary/aromatic N) is 1. The first kappa shape index (κ1) is 7.73. The molecule has 0 N–H and O–H groups in total. The molecule has 1 aliphatic heterocycles. The quantitative estimate of drug-likeness (QED) is 0.569. The summed E-state index contributed by atoms with van der Waals surface area (Å²) in [5.41, 5.74) is 1.38. The summed E-state index contributed by atoms with van der Waals surface area (Å²) in [5, 5.41) is 0. The van der Waals surface area contributed by atoms with Crippen LogP contribution in [0.25, 0.3) is 0 Å². The lowest BCUT2D eigenvalue weighted by molar-refractivity contribution is 0.519. The summed E-state index contributed by atoms with van der Waals surface area (Å²) in [5.74, 6) is 0. The average Bonchev–Trinajstić information content (AvgIpc) is 1.85. The third-order valence-electron chi connectivity index (χ3n) is 1.53. The molecule has 1 nitrogen and oxygen atoms in total. The predicted octanol–water partition coefficient (Wildman–Crippen LogP) is 2.39. The molecule has 0 atom stereocenters. The third-order valence-corrected chi connectivity index (χ3v) is 1.80. The van der Waals surface area contributed by atoms with E-state index in [1.165, 1.54) is 5.57 Å². The maximum atomic E-state index is 4.31. The van der Waals surface area contributed by atoms with E-state index in [9.17, 15) is 0 Å². The topological polar surface area (TPSA) is 3.24 Å². The van der Waals surface area contributed by atoms with Gasteiger partial charge >= 0.3 is 0 Å². The molecule has 56 valence electrons. The van der Waals surface area contributed by atoms with Crippen LogP contribution in [0.4, 0.5) is 0 Å². The number of allylic oxidation sites excluding steroid dienone is 2. The Kier molecular flexibility index (Phi) is 2.44. The van der Waals surface area contributed by atoms with E-state index in [0.717, 1.165) is 17.9 Å². The number of hydrogen-bond acceptors (Lipinski definition) is 2. The molecule has 0 radical (unpaired) electrons. The first-order chi connectivity index (χ1) is 4.72. The second kappa shape index (κ2) is 3.15. The molecule has 0 aliphatic carbocycles. The molecule has 0 aromatic rings. The van der Waals surface area contributed by atoms with Gasteiger partial charge in [-0.15, -0.1) is 12.6 Å². The van der Waals surface area contributed by atoms with E-state index in [1.54, 1.807) is 0 Å². The summed E-state index contributed by atoms with van der Waals surface area (Å²) in [4.78, 5) is 3.31. The van der Waals surface area contributed by atoms with Crippen LogP contribution in [0.5, 0.6) is 0 Å². The van der Waals surface area contributed by atoms with Crippen molar-refractivity contribution in [2.45, 2.75) is 20.3 Å². The van der Waals surface area contributed by atoms with E-state index in [0.29, 0.717) is 0 Å². The lowest BCUT2D eigenvalue weighted by Gasteiger charge is -2.20. The van der Waals surface area contributed by atoms with E-state index in [-0.39, 0.29) is 0 Å². The fraction of sp³-hybridized carbons (Fsp3) is 0.500. The average molecular weight is 155 g/mol. The van der Waals surface area contributed by atoms with Gasteiger partial charge in [0, 0.05) is 30.3 Å². The monoisotopic (exact) mass is 155 g/mol. The van der Waals surface area contributed by atoms with E-state index in [4.69, 9.17) is 0 Å². The Morgan fingerprint density at radius 3 is 2.80 bits per heavy atom. The molecule has 0 bridgehead atoms. The van der Waals surface area contributed by atoms with Crippen LogP contribution in [0.15, 0.2) is 22.9 Å². The summed E-state index contributed by atoms with van der Waals surface area (Å²) in [6.45, 7) is 5.29. The second-order valence-corrected chi connectivity index (χ2v) is 3.18. The SMILES string of the molecule is CCN1C=C(C)CC(S)=C1. The summed E-state index contributed by atoms with van der Waals surface area (Å²) in [7, 11) is 0. The molecular weight excluding hydrogens is 142 g/mol. The van der Waals surface area contributed by atoms with Gasteiger partial charge in [0.25, 0.3) is 0 Å². The summed E-state index contributed by atoms with van der Waals surface area (Å²) in [6, 6.07) is 0. The molecule has 2 heteroatoms. The summed E-state index contributed by atoms with van der Waals surface area (Å²) < 4.78 is 0. The van der Waals surface area contributed by atoms with Crippen molar-refractivity contribution in [3.8, 4) is 0 Å². The van der Waals surface area contributed by atoms with Crippen LogP contribution in [0.1, 0.15) is 20.3 Å². The van der Waals surface area contributed by atoms with Crippen molar-refractivity contribution in [3.63, 3.8) is 0 Å². The highest BCUT2D eigenvalue weighted by atomic mass is 32.1. The lowest BCUT2D eigenvalue weighted by Crippen LogP contribution is -2.12. The van der Waals surface area contributed by atoms with Crippen molar-refractivity contribution in [1.29, 1.82) is 0 Å². The van der Waals surface area contributed by atoms with Crippen LogP contribution in [-0.4, -0.2) is 11.4 Å². The maximum Gasteiger partial charge on any atom is 0.0191 e. The highest BCUT2D eigenvalue weighted by Gasteiger charge is 2.03. The fourth-order valence-corrected chi connectivity index (χ4v) is 1.47. The zero-order chi connectivity index (χ0) is 7.56. The Balaban J connectivity index is 2.67. The van der Waals surface area contributed by atoms with Gasteiger partial charge in [0.05, 0.1) is 0 Å². The van der Waals surface area contributed by atoms with Crippen molar-refractivity contribution in [2.75, 3.05) is 6.54 Å². The van der Waals surface area contributed by atoms with Gasteiger partial charge in [-0.25, -0.2) is 0 Å². The standard InChI is InChI=1S/C8H13NS/c1-3-9-5-7(2)4-8(10)6-9/h5-6,10H,3-4H2,1-2H3. The molecule has 10 heavy (non-hydrogen) atoms. The van der Waals surface area contributed by atoms with Crippen LogP contribution < -0.4 is 0 Å². The van der Waals surface area contributed by atoms with Crippen LogP contribution in [0.3, 0.4) is 0 Å². The molecule has 0 fully saturated rings. The Morgan fingerprint density at radius 2 is 2.30 bits per heavy atom. The highest BCUT2D eigenvalue weighted by molar-refractivity contribution is 7.84. The first-order valence-electron chi connectivity index (χ1n) is 3.55. The molecule has 1 aliphatic rings. The molecular formula is C8H13NS. The summed E-state index contributed by atoms with van der Waals surface area (Å²) >= 11 is 4.31. The zero-order valence-electron chi connectivity index (χ0n) is 6.46. The minimum Gasteiger partial charge on any atom is -0.354 e. The maximum absolute atomic E-state index is 4.31. The van der Waals surface area contributed by atoms with Gasteiger partial charge in [-0.3, -0.25) is 0 Å². The smallest absolute Gasteiger partial charge is 0.0191 e. The Labute approximate surface area is 67.8 Å². The Bertz CT molecular complexity index is 164. The van der Waals surface area contributed by atoms with E-state index in [2.05, 4.69) is 43.8 Å². The molecule has 1 rings (SSSR count). The number of thiol groups is 1. The van der Waals surface area contributed by atoms with Crippen LogP contribution in [0, 0.1) is 0 Å². The minimum absolute atomic E-state index is 1.01. The van der Waals surface area contributed by atoms with Gasteiger partial charge in [0.15, 0.2) is 0 Å². The van der Waals surface area contributed by atoms with Gasteiger partial charge in [-0.1, -0.05) is 5.57 Å². The zero-order valence-corrected chi connectivity index (χ0v) is 7.36. The van der Waals surface area contributed by atoms with Crippen molar-refractivity contribution in [3.05, 3.63) is 22.9 Å². The van der Waals surface area contributed by atoms with Crippen molar-refractivity contribution in [2.24, 2.45) is 0 Å². The Morgan fingerprint density at radius 1 is 1.60 bits per heavy atom. The minimum atomic E-state index is 1.01. The molecule has 0 saturated heterocycles. The number of hydrogen-bond donors (Lipinski definition) is 1. The van der Waals surface area contributed by atoms with E-state index in [1.807, 2.05) is 0 Å². The van der Waals surface area contributed by atoms with Crippen molar-refractivity contribution >= 4 is 12.6 Å². The third kappa shape index (κ3) is 1.81. The van der Waals surface area contributed by atoms with E-state index >= 15 is 0 Å². The number of rotatable bonds is 1. The predicted molar refractivity (Wildman–Crippen MR) is 47.8 cm³/mol. The molecule has 0 amide bonds. The molecule has 0 spiro atoms. The first-order valence-corrected chi connectivity index (χ1v) is 4.00. The summed E-state index contributed by atoms with van der Waals surface area (Å²) in [6.07, 6.45) is 5.26. The molecule has 0 saturated carbocycles. The van der Waals surface area contributed by atoms with Gasteiger partial charge in [-0.2, -0.15) is 0 Å². The van der Waals surface area contributed by atoms with Crippen molar-refractivity contribution < 1.29 is 0 Å². The second-order valence-electron chi connectivity index (χ2n) is 2.60. The highest BCUT2D eigenvalue weighted by Crippen LogP contribution is 2.20. The van der Waals surface area contributed by atoms with Gasteiger partial charge in [0.1, 0.15) is 0 Å². The molecule has 0 aromatic carbocycles. The fourth-order valence-electron chi connectivity index (χ4n) is 1.07. The normalized spacial score (nSPS) is 18.5. The van der Waals surface area contributed by atoms with Gasteiger partial charge in [0.2, 0.25) is 0 Å². The molecule has 0 aromatic heterocycles. The lowest BCUT2D eigenvalue weighted by atomic mass is 10.2. The van der Waals surface area contributed by atoms with Crippen LogP contribution >= 0.6 is 12.6 Å². The van der Waals surface area contributed by atoms with Crippen LogP contribution in [-0.2, 0) is 0 Å². The van der Waals surface area contributed by atoms with Gasteiger partial charge < -0.3 is 4.90 Å². The van der Waals surface area contributed by atoms with Gasteiger partial charge in [-0.05, 0) is 13.8 Å². The largest absolute Gasteiger partial charge is 0.354 e. The molecule has 0 unspecified atom stereocenters. The van der Waals surface area contributed by atoms with E-state index < -0.39 is 0 Å². The van der Waals surface area contributed by atoms with Crippen molar-refractivity contribution in [1.82, 2.24) is 4.90 Å². The molecule has 1 heterocycles. The van der Waals surface area contributed by atoms with Crippen LogP contribution in [0.2, 0.25) is 0 Å².